The second-order valence-electron chi connectivity index (χ2n) is 5.94. The lowest BCUT2D eigenvalue weighted by Gasteiger charge is -2.23. The van der Waals surface area contributed by atoms with Gasteiger partial charge in [0.05, 0.1) is 6.10 Å². The number of hydrogen-bond donors (Lipinski definition) is 1. The zero-order valence-electron chi connectivity index (χ0n) is 13.1. The molecule has 2 atom stereocenters. The van der Waals surface area contributed by atoms with Gasteiger partial charge in [-0.15, -0.1) is 0 Å². The number of likely N-dealkylation sites (tertiary alicyclic amines) is 1. The van der Waals surface area contributed by atoms with Gasteiger partial charge in [0.1, 0.15) is 5.82 Å². The predicted octanol–water partition coefficient (Wildman–Crippen LogP) is 2.52. The first-order chi connectivity index (χ1) is 10.1. The Kier molecular flexibility index (Phi) is 6.15. The molecule has 1 aliphatic rings. The van der Waals surface area contributed by atoms with Crippen molar-refractivity contribution < 1.29 is 9.50 Å². The van der Waals surface area contributed by atoms with Crippen molar-refractivity contribution in [1.29, 1.82) is 0 Å². The van der Waals surface area contributed by atoms with E-state index in [4.69, 9.17) is 0 Å². The van der Waals surface area contributed by atoms with Crippen molar-refractivity contribution in [2.75, 3.05) is 39.3 Å². The molecule has 4 heteroatoms. The van der Waals surface area contributed by atoms with Crippen LogP contribution in [0.15, 0.2) is 24.3 Å². The van der Waals surface area contributed by atoms with Crippen LogP contribution >= 0.6 is 0 Å². The van der Waals surface area contributed by atoms with Crippen LogP contribution in [0.4, 0.5) is 4.39 Å². The molecule has 1 fully saturated rings. The lowest BCUT2D eigenvalue weighted by Crippen LogP contribution is -2.32. The molecule has 0 saturated carbocycles. The first-order valence-electron chi connectivity index (χ1n) is 8.01. The van der Waals surface area contributed by atoms with Gasteiger partial charge in [-0.25, -0.2) is 4.39 Å². The molecule has 0 amide bonds. The summed E-state index contributed by atoms with van der Waals surface area (Å²) in [6.07, 6.45) is 0.430. The Morgan fingerprint density at radius 2 is 2.05 bits per heavy atom. The van der Waals surface area contributed by atoms with Crippen molar-refractivity contribution in [2.45, 2.75) is 26.4 Å². The summed E-state index contributed by atoms with van der Waals surface area (Å²) in [5.74, 6) is 0.349. The van der Waals surface area contributed by atoms with E-state index >= 15 is 0 Å². The molecular weight excluding hydrogens is 267 g/mol. The summed E-state index contributed by atoms with van der Waals surface area (Å²) in [6, 6.07) is 6.51. The minimum Gasteiger partial charge on any atom is -0.387 e. The van der Waals surface area contributed by atoms with Crippen LogP contribution in [0.5, 0.6) is 0 Å². The van der Waals surface area contributed by atoms with Crippen molar-refractivity contribution in [1.82, 2.24) is 9.80 Å². The van der Waals surface area contributed by atoms with Crippen LogP contribution in [0.25, 0.3) is 0 Å². The normalized spacial score (nSPS) is 21.1. The van der Waals surface area contributed by atoms with Gasteiger partial charge in [-0.2, -0.15) is 0 Å². The summed E-state index contributed by atoms with van der Waals surface area (Å²) in [7, 11) is 0. The van der Waals surface area contributed by atoms with Crippen LogP contribution in [0, 0.1) is 11.7 Å². The number of rotatable bonds is 7. The third kappa shape index (κ3) is 4.50. The van der Waals surface area contributed by atoms with Crippen molar-refractivity contribution in [3.63, 3.8) is 0 Å². The molecule has 1 saturated heterocycles. The second kappa shape index (κ2) is 7.87. The maximum atomic E-state index is 13.7. The van der Waals surface area contributed by atoms with E-state index in [9.17, 15) is 9.50 Å². The van der Waals surface area contributed by atoms with Crippen LogP contribution in [-0.4, -0.2) is 54.2 Å². The smallest absolute Gasteiger partial charge is 0.129 e. The molecule has 0 aliphatic carbocycles. The highest BCUT2D eigenvalue weighted by atomic mass is 19.1. The molecule has 1 N–H and O–H groups in total. The molecule has 0 spiro atoms. The number of benzene rings is 1. The van der Waals surface area contributed by atoms with E-state index in [1.165, 1.54) is 12.5 Å². The van der Waals surface area contributed by atoms with Gasteiger partial charge in [0.15, 0.2) is 0 Å². The zero-order chi connectivity index (χ0) is 15.2. The van der Waals surface area contributed by atoms with Gasteiger partial charge in [-0.3, -0.25) is 0 Å². The van der Waals surface area contributed by atoms with E-state index < -0.39 is 6.10 Å². The molecule has 1 heterocycles. The lowest BCUT2D eigenvalue weighted by atomic mass is 10.1. The monoisotopic (exact) mass is 294 g/mol. The number of nitrogens with zero attached hydrogens (tertiary/aromatic N) is 2. The summed E-state index contributed by atoms with van der Waals surface area (Å²) in [5, 5.41) is 10.2. The van der Waals surface area contributed by atoms with Gasteiger partial charge in [0.25, 0.3) is 0 Å². The van der Waals surface area contributed by atoms with Crippen molar-refractivity contribution in [2.24, 2.45) is 5.92 Å². The highest BCUT2D eigenvalue weighted by Crippen LogP contribution is 2.22. The van der Waals surface area contributed by atoms with Crippen LogP contribution in [-0.2, 0) is 0 Å². The molecule has 1 aromatic rings. The lowest BCUT2D eigenvalue weighted by molar-refractivity contribution is 0.119. The number of aliphatic hydroxyl groups excluding tert-OH is 1. The number of hydrogen-bond acceptors (Lipinski definition) is 3. The highest BCUT2D eigenvalue weighted by Gasteiger charge is 2.26. The molecule has 0 radical (unpaired) electrons. The van der Waals surface area contributed by atoms with E-state index in [-0.39, 0.29) is 5.82 Å². The Morgan fingerprint density at radius 1 is 1.33 bits per heavy atom. The number of aliphatic hydroxyl groups is 1. The number of β-amino-alcohol motifs (C(OH)–C–C–N with tert-alkyl or cyclic N) is 1. The van der Waals surface area contributed by atoms with E-state index in [2.05, 4.69) is 23.6 Å². The summed E-state index contributed by atoms with van der Waals surface area (Å²) in [6.45, 7) is 10.2. The van der Waals surface area contributed by atoms with Gasteiger partial charge in [0, 0.05) is 25.2 Å². The number of halogens is 1. The Labute approximate surface area is 127 Å². The Balaban J connectivity index is 1.84. The van der Waals surface area contributed by atoms with Gasteiger partial charge >= 0.3 is 0 Å². The van der Waals surface area contributed by atoms with E-state index in [0.717, 1.165) is 32.7 Å². The first kappa shape index (κ1) is 16.4. The largest absolute Gasteiger partial charge is 0.387 e. The summed E-state index contributed by atoms with van der Waals surface area (Å²) >= 11 is 0. The molecule has 0 bridgehead atoms. The predicted molar refractivity (Wildman–Crippen MR) is 83.7 cm³/mol. The Hall–Kier alpha value is -0.970. The third-order valence-electron chi connectivity index (χ3n) is 4.48. The molecule has 1 aromatic carbocycles. The van der Waals surface area contributed by atoms with Gasteiger partial charge in [0.2, 0.25) is 0 Å². The minimum atomic E-state index is -0.738. The van der Waals surface area contributed by atoms with Crippen LogP contribution in [0.3, 0.4) is 0 Å². The third-order valence-corrected chi connectivity index (χ3v) is 4.48. The summed E-state index contributed by atoms with van der Waals surface area (Å²) in [5.41, 5.74) is 0.407. The maximum absolute atomic E-state index is 13.7. The molecule has 0 aromatic heterocycles. The quantitative estimate of drug-likeness (QED) is 0.837. The fourth-order valence-electron chi connectivity index (χ4n) is 3.16. The van der Waals surface area contributed by atoms with E-state index in [0.29, 0.717) is 18.0 Å². The SMILES string of the molecule is CCN(CC)CC1CCN(CC(O)c2ccccc2F)C1. The highest BCUT2D eigenvalue weighted by molar-refractivity contribution is 5.20. The average Bonchev–Trinajstić information content (AvgIpc) is 2.92. The first-order valence-corrected chi connectivity index (χ1v) is 8.01. The van der Waals surface area contributed by atoms with Crippen molar-refractivity contribution >= 4 is 0 Å². The Bertz CT molecular complexity index is 437. The fourth-order valence-corrected chi connectivity index (χ4v) is 3.16. The van der Waals surface area contributed by atoms with Crippen LogP contribution in [0.2, 0.25) is 0 Å². The van der Waals surface area contributed by atoms with Gasteiger partial charge in [-0.1, -0.05) is 32.0 Å². The van der Waals surface area contributed by atoms with Crippen molar-refractivity contribution in [3.05, 3.63) is 35.6 Å². The maximum Gasteiger partial charge on any atom is 0.129 e. The minimum absolute atomic E-state index is 0.316. The van der Waals surface area contributed by atoms with E-state index in [1.807, 2.05) is 0 Å². The van der Waals surface area contributed by atoms with Crippen LogP contribution < -0.4 is 0 Å². The molecule has 3 nitrogen and oxygen atoms in total. The van der Waals surface area contributed by atoms with Crippen LogP contribution in [0.1, 0.15) is 31.9 Å². The summed E-state index contributed by atoms with van der Waals surface area (Å²) < 4.78 is 13.7. The molecular formula is C17H27FN2O. The molecule has 1 aliphatic heterocycles. The molecule has 118 valence electrons. The van der Waals surface area contributed by atoms with Crippen molar-refractivity contribution in [3.8, 4) is 0 Å². The molecule has 2 rings (SSSR count). The second-order valence-corrected chi connectivity index (χ2v) is 5.94. The standard InChI is InChI=1S/C17H27FN2O/c1-3-19(4-2)11-14-9-10-20(12-14)13-17(21)15-7-5-6-8-16(15)18/h5-8,14,17,21H,3-4,9-13H2,1-2H3. The summed E-state index contributed by atoms with van der Waals surface area (Å²) in [4.78, 5) is 4.70. The van der Waals surface area contributed by atoms with Gasteiger partial charge < -0.3 is 14.9 Å². The molecule has 2 unspecified atom stereocenters. The van der Waals surface area contributed by atoms with Gasteiger partial charge in [-0.05, 0) is 38.0 Å². The zero-order valence-corrected chi connectivity index (χ0v) is 13.1. The Morgan fingerprint density at radius 3 is 2.71 bits per heavy atom. The fraction of sp³-hybridized carbons (Fsp3) is 0.647. The van der Waals surface area contributed by atoms with E-state index in [1.54, 1.807) is 18.2 Å². The average molecular weight is 294 g/mol. The molecule has 21 heavy (non-hydrogen) atoms. The topological polar surface area (TPSA) is 26.7 Å².